The number of H-pyrrole nitrogens is 1. The van der Waals surface area contributed by atoms with Crippen LogP contribution < -0.4 is 0 Å². The third-order valence-electron chi connectivity index (χ3n) is 3.43. The molecule has 5 nitrogen and oxygen atoms in total. The van der Waals surface area contributed by atoms with Crippen LogP contribution in [0, 0.1) is 0 Å². The van der Waals surface area contributed by atoms with Crippen molar-refractivity contribution in [3.05, 3.63) is 24.3 Å². The Morgan fingerprint density at radius 2 is 2.37 bits per heavy atom. The number of hydrogen-bond donors (Lipinski definition) is 1. The summed E-state index contributed by atoms with van der Waals surface area (Å²) in [5.41, 5.74) is 2.09. The fraction of sp³-hybridized carbons (Fsp3) is 0.385. The van der Waals surface area contributed by atoms with Gasteiger partial charge in [-0.2, -0.15) is 0 Å². The van der Waals surface area contributed by atoms with Crippen molar-refractivity contribution < 1.29 is 4.74 Å². The number of fused-ring (bicyclic) bond motifs is 3. The molecule has 1 aliphatic heterocycles. The highest BCUT2D eigenvalue weighted by Crippen LogP contribution is 2.25. The fourth-order valence-corrected chi connectivity index (χ4v) is 3.50. The summed E-state index contributed by atoms with van der Waals surface area (Å²) in [5, 5.41) is 8.30. The first-order valence-corrected chi connectivity index (χ1v) is 7.46. The molecular formula is C13H14N4OS. The molecule has 0 bridgehead atoms. The molecule has 3 aromatic rings. The Balaban J connectivity index is 1.68. The van der Waals surface area contributed by atoms with Crippen LogP contribution in [0.15, 0.2) is 29.4 Å². The predicted molar refractivity (Wildman–Crippen MR) is 74.5 cm³/mol. The van der Waals surface area contributed by atoms with E-state index < -0.39 is 0 Å². The largest absolute Gasteiger partial charge is 0.377 e. The maximum absolute atomic E-state index is 5.65. The molecular weight excluding hydrogens is 260 g/mol. The molecule has 98 valence electrons. The minimum Gasteiger partial charge on any atom is -0.377 e. The molecule has 0 radical (unpaired) electrons. The molecule has 0 amide bonds. The van der Waals surface area contributed by atoms with Crippen molar-refractivity contribution in [1.82, 2.24) is 19.6 Å². The molecule has 0 unspecified atom stereocenters. The van der Waals surface area contributed by atoms with Gasteiger partial charge in [-0.15, -0.1) is 5.10 Å². The van der Waals surface area contributed by atoms with Gasteiger partial charge in [0.25, 0.3) is 0 Å². The average molecular weight is 274 g/mol. The van der Waals surface area contributed by atoms with E-state index in [4.69, 9.17) is 4.74 Å². The zero-order valence-electron chi connectivity index (χ0n) is 10.4. The van der Waals surface area contributed by atoms with Gasteiger partial charge < -0.3 is 4.74 Å². The van der Waals surface area contributed by atoms with Crippen LogP contribution in [0.1, 0.15) is 12.8 Å². The molecule has 1 fully saturated rings. The van der Waals surface area contributed by atoms with Crippen LogP contribution in [0.5, 0.6) is 0 Å². The van der Waals surface area contributed by atoms with E-state index in [0.29, 0.717) is 6.10 Å². The zero-order chi connectivity index (χ0) is 12.7. The number of imidazole rings is 1. The van der Waals surface area contributed by atoms with Gasteiger partial charge in [-0.25, -0.2) is 10.1 Å². The SMILES string of the molecule is c1ccc2c(c1)nc1[nH]nc(SC[C@@H]3CCCO3)n12. The number of ether oxygens (including phenoxy) is 1. The van der Waals surface area contributed by atoms with Crippen LogP contribution in [-0.2, 0) is 4.74 Å². The maximum atomic E-state index is 5.65. The third-order valence-corrected chi connectivity index (χ3v) is 4.50. The Labute approximate surface area is 114 Å². The summed E-state index contributed by atoms with van der Waals surface area (Å²) in [4.78, 5) is 4.52. The third kappa shape index (κ3) is 1.91. The van der Waals surface area contributed by atoms with E-state index in [2.05, 4.69) is 25.6 Å². The van der Waals surface area contributed by atoms with Crippen molar-refractivity contribution in [1.29, 1.82) is 0 Å². The van der Waals surface area contributed by atoms with Gasteiger partial charge in [-0.1, -0.05) is 23.9 Å². The van der Waals surface area contributed by atoms with Crippen LogP contribution in [-0.4, -0.2) is 38.0 Å². The number of benzene rings is 1. The quantitative estimate of drug-likeness (QED) is 0.745. The molecule has 1 atom stereocenters. The van der Waals surface area contributed by atoms with Crippen LogP contribution in [0.25, 0.3) is 16.8 Å². The Bertz CT molecular complexity index is 714. The first-order chi connectivity index (χ1) is 9.42. The number of thioether (sulfide) groups is 1. The summed E-state index contributed by atoms with van der Waals surface area (Å²) < 4.78 is 7.73. The Kier molecular flexibility index (Phi) is 2.70. The minimum atomic E-state index is 0.367. The number of nitrogens with one attached hydrogen (secondary N) is 1. The number of aromatic amines is 1. The summed E-state index contributed by atoms with van der Waals surface area (Å²) in [6.07, 6.45) is 2.70. The van der Waals surface area contributed by atoms with Crippen LogP contribution in [0.3, 0.4) is 0 Å². The Hall–Kier alpha value is -1.53. The summed E-state index contributed by atoms with van der Waals surface area (Å²) >= 11 is 1.73. The van der Waals surface area contributed by atoms with Gasteiger partial charge in [-0.05, 0) is 25.0 Å². The molecule has 0 saturated carbocycles. The lowest BCUT2D eigenvalue weighted by Crippen LogP contribution is -2.08. The highest BCUT2D eigenvalue weighted by Gasteiger charge is 2.18. The first kappa shape index (κ1) is 11.3. The molecule has 0 spiro atoms. The molecule has 1 N–H and O–H groups in total. The van der Waals surface area contributed by atoms with Gasteiger partial charge >= 0.3 is 0 Å². The lowest BCUT2D eigenvalue weighted by atomic mass is 10.3. The smallest absolute Gasteiger partial charge is 0.231 e. The van der Waals surface area contributed by atoms with Gasteiger partial charge in [0.05, 0.1) is 17.1 Å². The number of aromatic nitrogens is 4. The molecule has 3 heterocycles. The summed E-state index contributed by atoms with van der Waals surface area (Å²) in [5.74, 6) is 1.75. The van der Waals surface area contributed by atoms with Gasteiger partial charge in [0.1, 0.15) is 0 Å². The van der Waals surface area contributed by atoms with Gasteiger partial charge in [0.2, 0.25) is 5.78 Å². The normalized spacial score (nSPS) is 19.7. The molecule has 1 aliphatic rings. The maximum Gasteiger partial charge on any atom is 0.231 e. The Morgan fingerprint density at radius 1 is 1.42 bits per heavy atom. The number of para-hydroxylation sites is 2. The predicted octanol–water partition coefficient (Wildman–Crippen LogP) is 2.48. The number of nitrogens with zero attached hydrogens (tertiary/aromatic N) is 3. The summed E-state index contributed by atoms with van der Waals surface area (Å²) in [6, 6.07) is 8.12. The van der Waals surface area contributed by atoms with E-state index >= 15 is 0 Å². The van der Waals surface area contributed by atoms with Crippen LogP contribution in [0.2, 0.25) is 0 Å². The standard InChI is InChI=1S/C13H14N4OS/c1-2-6-11-10(5-1)14-12-15-16-13(17(11)12)19-8-9-4-3-7-18-9/h1-2,5-6,9H,3-4,7-8H2,(H,14,15)/t9-/m0/s1. The van der Waals surface area contributed by atoms with E-state index in [1.165, 1.54) is 6.42 Å². The van der Waals surface area contributed by atoms with Gasteiger partial charge in [0.15, 0.2) is 5.16 Å². The van der Waals surface area contributed by atoms with Crippen molar-refractivity contribution in [2.45, 2.75) is 24.1 Å². The topological polar surface area (TPSA) is 55.2 Å². The molecule has 1 saturated heterocycles. The molecule has 2 aromatic heterocycles. The van der Waals surface area contributed by atoms with Crippen molar-refractivity contribution in [3.8, 4) is 0 Å². The molecule has 4 rings (SSSR count). The minimum absolute atomic E-state index is 0.367. The second-order valence-electron chi connectivity index (χ2n) is 4.71. The molecule has 19 heavy (non-hydrogen) atoms. The Morgan fingerprint density at radius 3 is 3.26 bits per heavy atom. The van der Waals surface area contributed by atoms with E-state index in [0.717, 1.165) is 40.7 Å². The molecule has 0 aliphatic carbocycles. The lowest BCUT2D eigenvalue weighted by Gasteiger charge is -2.06. The van der Waals surface area contributed by atoms with Crippen molar-refractivity contribution in [3.63, 3.8) is 0 Å². The first-order valence-electron chi connectivity index (χ1n) is 6.48. The second kappa shape index (κ2) is 4.54. The van der Waals surface area contributed by atoms with Gasteiger partial charge in [-0.3, -0.25) is 4.40 Å². The van der Waals surface area contributed by atoms with E-state index in [1.54, 1.807) is 11.8 Å². The summed E-state index contributed by atoms with van der Waals surface area (Å²) in [6.45, 7) is 0.898. The second-order valence-corrected chi connectivity index (χ2v) is 5.70. The van der Waals surface area contributed by atoms with Crippen LogP contribution in [0.4, 0.5) is 0 Å². The monoisotopic (exact) mass is 274 g/mol. The summed E-state index contributed by atoms with van der Waals surface area (Å²) in [7, 11) is 0. The molecule has 1 aromatic carbocycles. The fourth-order valence-electron chi connectivity index (χ4n) is 2.48. The van der Waals surface area contributed by atoms with E-state index in [1.807, 2.05) is 18.2 Å². The highest BCUT2D eigenvalue weighted by molar-refractivity contribution is 7.99. The van der Waals surface area contributed by atoms with Crippen molar-refractivity contribution >= 4 is 28.6 Å². The van der Waals surface area contributed by atoms with E-state index in [9.17, 15) is 0 Å². The van der Waals surface area contributed by atoms with Crippen molar-refractivity contribution in [2.75, 3.05) is 12.4 Å². The van der Waals surface area contributed by atoms with E-state index in [-0.39, 0.29) is 0 Å². The van der Waals surface area contributed by atoms with Crippen LogP contribution >= 0.6 is 11.8 Å². The molecule has 6 heteroatoms. The number of hydrogen-bond acceptors (Lipinski definition) is 4. The zero-order valence-corrected chi connectivity index (χ0v) is 11.2. The van der Waals surface area contributed by atoms with Crippen molar-refractivity contribution in [2.24, 2.45) is 0 Å². The number of rotatable bonds is 3. The average Bonchev–Trinajstić information content (AvgIpc) is 3.13. The highest BCUT2D eigenvalue weighted by atomic mass is 32.2. The lowest BCUT2D eigenvalue weighted by molar-refractivity contribution is 0.129. The van der Waals surface area contributed by atoms with Gasteiger partial charge in [0, 0.05) is 12.4 Å².